The van der Waals surface area contributed by atoms with Crippen molar-refractivity contribution in [2.45, 2.75) is 51.3 Å². The number of alkyl halides is 1. The number of halogens is 1. The van der Waals surface area contributed by atoms with Crippen LogP contribution in [0.3, 0.4) is 0 Å². The average molecular weight is 291 g/mol. The lowest BCUT2D eigenvalue weighted by Crippen LogP contribution is -2.50. The van der Waals surface area contributed by atoms with Gasteiger partial charge in [0.1, 0.15) is 0 Å². The van der Waals surface area contributed by atoms with Crippen LogP contribution in [0.15, 0.2) is 34.5 Å². The fourth-order valence-electron chi connectivity index (χ4n) is 3.12. The van der Waals surface area contributed by atoms with Gasteiger partial charge in [-0.15, -0.1) is 11.6 Å². The van der Waals surface area contributed by atoms with Gasteiger partial charge in [-0.1, -0.05) is 43.7 Å². The first-order valence-electron chi connectivity index (χ1n) is 7.27. The number of nitrogens with zero attached hydrogens (tertiary/aromatic N) is 2. The average Bonchev–Trinajstić information content (AvgIpc) is 2.36. The Balaban J connectivity index is 2.49. The first-order valence-corrected chi connectivity index (χ1v) is 7.70. The SMILES string of the molecule is C/C=N\N=C(/C(C)C)C1(c2cccc(C)c2)CC(Cl)C1. The smallest absolute Gasteiger partial charge is 0.0537 e. The van der Waals surface area contributed by atoms with Crippen molar-refractivity contribution < 1.29 is 0 Å². The highest BCUT2D eigenvalue weighted by molar-refractivity contribution is 6.22. The zero-order valence-electron chi connectivity index (χ0n) is 12.7. The van der Waals surface area contributed by atoms with E-state index in [-0.39, 0.29) is 10.8 Å². The number of benzene rings is 1. The van der Waals surface area contributed by atoms with Crippen molar-refractivity contribution in [1.82, 2.24) is 0 Å². The standard InChI is InChI=1S/C17H23ClN2/c1-5-19-20-16(12(2)3)17(10-15(18)11-17)14-8-6-7-13(4)9-14/h5-9,12,15H,10-11H2,1-4H3/b19-5-,20-16+. The van der Waals surface area contributed by atoms with Crippen molar-refractivity contribution in [3.05, 3.63) is 35.4 Å². The van der Waals surface area contributed by atoms with Gasteiger partial charge in [-0.25, -0.2) is 0 Å². The zero-order valence-corrected chi connectivity index (χ0v) is 13.5. The Labute approximate surface area is 127 Å². The molecule has 0 unspecified atom stereocenters. The van der Waals surface area contributed by atoms with Crippen molar-refractivity contribution >= 4 is 23.5 Å². The molecule has 0 saturated heterocycles. The summed E-state index contributed by atoms with van der Waals surface area (Å²) in [7, 11) is 0. The van der Waals surface area contributed by atoms with Gasteiger partial charge in [-0.3, -0.25) is 0 Å². The van der Waals surface area contributed by atoms with Gasteiger partial charge in [-0.2, -0.15) is 10.2 Å². The molecule has 1 fully saturated rings. The molecule has 108 valence electrons. The summed E-state index contributed by atoms with van der Waals surface area (Å²) < 4.78 is 0. The predicted molar refractivity (Wildman–Crippen MR) is 88.2 cm³/mol. The van der Waals surface area contributed by atoms with Crippen LogP contribution >= 0.6 is 11.6 Å². The molecular weight excluding hydrogens is 268 g/mol. The Morgan fingerprint density at radius 2 is 2.10 bits per heavy atom. The molecule has 2 rings (SSSR count). The Morgan fingerprint density at radius 1 is 1.40 bits per heavy atom. The van der Waals surface area contributed by atoms with Gasteiger partial charge in [0, 0.05) is 17.0 Å². The van der Waals surface area contributed by atoms with Crippen LogP contribution in [0.25, 0.3) is 0 Å². The van der Waals surface area contributed by atoms with E-state index in [0.29, 0.717) is 5.92 Å². The van der Waals surface area contributed by atoms with Crippen LogP contribution in [0.4, 0.5) is 0 Å². The van der Waals surface area contributed by atoms with Gasteiger partial charge < -0.3 is 0 Å². The number of hydrogen-bond acceptors (Lipinski definition) is 2. The van der Waals surface area contributed by atoms with Crippen LogP contribution in [-0.2, 0) is 5.41 Å². The summed E-state index contributed by atoms with van der Waals surface area (Å²) in [5.41, 5.74) is 3.73. The van der Waals surface area contributed by atoms with Gasteiger partial charge in [0.05, 0.1) is 5.71 Å². The lowest BCUT2D eigenvalue weighted by molar-refractivity contribution is 0.337. The molecule has 0 bridgehead atoms. The maximum atomic E-state index is 6.31. The summed E-state index contributed by atoms with van der Waals surface area (Å²) in [5, 5.41) is 8.88. The minimum absolute atomic E-state index is 0.0287. The van der Waals surface area contributed by atoms with Crippen LogP contribution in [0.2, 0.25) is 0 Å². The third kappa shape index (κ3) is 2.80. The Bertz CT molecular complexity index is 526. The molecule has 0 aliphatic heterocycles. The second kappa shape index (κ2) is 6.09. The highest BCUT2D eigenvalue weighted by Crippen LogP contribution is 2.49. The molecule has 3 heteroatoms. The van der Waals surface area contributed by atoms with E-state index in [9.17, 15) is 0 Å². The molecule has 1 saturated carbocycles. The van der Waals surface area contributed by atoms with Gasteiger partial charge in [0.2, 0.25) is 0 Å². The fourth-order valence-corrected chi connectivity index (χ4v) is 3.64. The van der Waals surface area contributed by atoms with E-state index >= 15 is 0 Å². The molecule has 1 aliphatic rings. The highest BCUT2D eigenvalue weighted by Gasteiger charge is 2.49. The first kappa shape index (κ1) is 15.2. The maximum absolute atomic E-state index is 6.31. The third-order valence-electron chi connectivity index (χ3n) is 4.03. The number of rotatable bonds is 4. The molecule has 20 heavy (non-hydrogen) atoms. The maximum Gasteiger partial charge on any atom is 0.0537 e. The monoisotopic (exact) mass is 290 g/mol. The van der Waals surface area contributed by atoms with E-state index in [4.69, 9.17) is 11.6 Å². The molecule has 1 aliphatic carbocycles. The van der Waals surface area contributed by atoms with Crippen LogP contribution in [0.5, 0.6) is 0 Å². The third-order valence-corrected chi connectivity index (χ3v) is 4.34. The summed E-state index contributed by atoms with van der Waals surface area (Å²) in [6.45, 7) is 8.39. The topological polar surface area (TPSA) is 24.7 Å². The van der Waals surface area contributed by atoms with Crippen molar-refractivity contribution in [2.24, 2.45) is 16.1 Å². The van der Waals surface area contributed by atoms with Crippen LogP contribution in [0.1, 0.15) is 44.7 Å². The Hall–Kier alpha value is -1.15. The normalized spacial score (nSPS) is 27.1. The van der Waals surface area contributed by atoms with Gasteiger partial charge in [0.25, 0.3) is 0 Å². The van der Waals surface area contributed by atoms with E-state index < -0.39 is 0 Å². The molecule has 0 atom stereocenters. The summed E-state index contributed by atoms with van der Waals surface area (Å²) in [6.07, 6.45) is 3.64. The van der Waals surface area contributed by atoms with Crippen molar-refractivity contribution in [2.75, 3.05) is 0 Å². The molecule has 0 N–H and O–H groups in total. The van der Waals surface area contributed by atoms with Crippen molar-refractivity contribution in [3.63, 3.8) is 0 Å². The summed E-state index contributed by atoms with van der Waals surface area (Å²) in [4.78, 5) is 0. The summed E-state index contributed by atoms with van der Waals surface area (Å²) in [5.74, 6) is 0.364. The molecule has 2 nitrogen and oxygen atoms in total. The van der Waals surface area contributed by atoms with Crippen molar-refractivity contribution in [1.29, 1.82) is 0 Å². The minimum atomic E-state index is -0.0287. The van der Waals surface area contributed by atoms with Crippen molar-refractivity contribution in [3.8, 4) is 0 Å². The van der Waals surface area contributed by atoms with E-state index in [1.54, 1.807) is 6.21 Å². The predicted octanol–water partition coefficient (Wildman–Crippen LogP) is 4.74. The quantitative estimate of drug-likeness (QED) is 0.435. The van der Waals surface area contributed by atoms with Crippen LogP contribution in [0, 0.1) is 12.8 Å². The lowest BCUT2D eigenvalue weighted by atomic mass is 9.59. The molecule has 0 amide bonds. The second-order valence-corrected chi connectivity index (χ2v) is 6.59. The van der Waals surface area contributed by atoms with E-state index in [0.717, 1.165) is 18.6 Å². The molecule has 0 radical (unpaired) electrons. The Morgan fingerprint density at radius 3 is 2.60 bits per heavy atom. The Kier molecular flexibility index (Phi) is 4.64. The molecule has 1 aromatic carbocycles. The van der Waals surface area contributed by atoms with Crippen LogP contribution in [-0.4, -0.2) is 17.3 Å². The summed E-state index contributed by atoms with van der Waals surface area (Å²) in [6, 6.07) is 8.71. The molecule has 0 aromatic heterocycles. The number of hydrogen-bond donors (Lipinski definition) is 0. The highest BCUT2D eigenvalue weighted by atomic mass is 35.5. The second-order valence-electron chi connectivity index (χ2n) is 5.97. The largest absolute Gasteiger partial charge is 0.164 e. The van der Waals surface area contributed by atoms with E-state index in [2.05, 4.69) is 55.2 Å². The minimum Gasteiger partial charge on any atom is -0.164 e. The van der Waals surface area contributed by atoms with Gasteiger partial charge in [-0.05, 0) is 38.2 Å². The van der Waals surface area contributed by atoms with E-state index in [1.807, 2.05) is 6.92 Å². The van der Waals surface area contributed by atoms with Gasteiger partial charge >= 0.3 is 0 Å². The molecule has 1 aromatic rings. The lowest BCUT2D eigenvalue weighted by Gasteiger charge is -2.47. The molecular formula is C17H23ClN2. The summed E-state index contributed by atoms with van der Waals surface area (Å²) >= 11 is 6.31. The first-order chi connectivity index (χ1) is 9.49. The zero-order chi connectivity index (χ0) is 14.8. The molecule has 0 spiro atoms. The number of aryl methyl sites for hydroxylation is 1. The molecule has 0 heterocycles. The van der Waals surface area contributed by atoms with Gasteiger partial charge in [0.15, 0.2) is 0 Å². The van der Waals surface area contributed by atoms with Crippen LogP contribution < -0.4 is 0 Å². The fraction of sp³-hybridized carbons (Fsp3) is 0.529. The van der Waals surface area contributed by atoms with E-state index in [1.165, 1.54) is 11.1 Å².